The van der Waals surface area contributed by atoms with E-state index in [4.69, 9.17) is 9.26 Å². The van der Waals surface area contributed by atoms with Gasteiger partial charge in [0.05, 0.1) is 6.54 Å². The number of amides is 1. The highest BCUT2D eigenvalue weighted by molar-refractivity contribution is 5.80. The average Bonchev–Trinajstić information content (AvgIpc) is 2.71. The van der Waals surface area contributed by atoms with Crippen LogP contribution in [-0.4, -0.2) is 40.2 Å². The van der Waals surface area contributed by atoms with Gasteiger partial charge in [0.15, 0.2) is 5.82 Å². The molecule has 0 saturated carbocycles. The molecule has 0 aliphatic heterocycles. The topological polar surface area (TPSA) is 68.5 Å². The van der Waals surface area contributed by atoms with E-state index in [2.05, 4.69) is 10.1 Å². The standard InChI is InChI=1S/C11H19N3O3/c1-5-14(11(15)8(3)16-6-2)7-10-12-9(4)17-13-10/h8H,5-7H2,1-4H3. The molecule has 0 fully saturated rings. The third kappa shape index (κ3) is 3.81. The first-order valence-electron chi connectivity index (χ1n) is 5.78. The lowest BCUT2D eigenvalue weighted by Gasteiger charge is -2.22. The van der Waals surface area contributed by atoms with Crippen LogP contribution in [0.15, 0.2) is 4.52 Å². The molecule has 1 unspecified atom stereocenters. The van der Waals surface area contributed by atoms with Crippen LogP contribution in [0, 0.1) is 6.92 Å². The second kappa shape index (κ2) is 6.34. The van der Waals surface area contributed by atoms with Crippen molar-refractivity contribution in [1.82, 2.24) is 15.0 Å². The molecule has 6 nitrogen and oxygen atoms in total. The highest BCUT2D eigenvalue weighted by Crippen LogP contribution is 2.05. The van der Waals surface area contributed by atoms with Crippen LogP contribution in [0.1, 0.15) is 32.5 Å². The molecule has 1 heterocycles. The number of nitrogens with zero attached hydrogens (tertiary/aromatic N) is 3. The summed E-state index contributed by atoms with van der Waals surface area (Å²) >= 11 is 0. The van der Waals surface area contributed by atoms with Gasteiger partial charge < -0.3 is 14.2 Å². The van der Waals surface area contributed by atoms with Crippen molar-refractivity contribution < 1.29 is 14.1 Å². The zero-order chi connectivity index (χ0) is 12.8. The van der Waals surface area contributed by atoms with Crippen molar-refractivity contribution in [1.29, 1.82) is 0 Å². The highest BCUT2D eigenvalue weighted by atomic mass is 16.5. The Labute approximate surface area is 101 Å². The minimum absolute atomic E-state index is 0.0585. The summed E-state index contributed by atoms with van der Waals surface area (Å²) in [6.07, 6.45) is -0.437. The van der Waals surface area contributed by atoms with Gasteiger partial charge in [0.25, 0.3) is 5.91 Å². The molecule has 1 aromatic heterocycles. The summed E-state index contributed by atoms with van der Waals surface area (Å²) < 4.78 is 10.1. The van der Waals surface area contributed by atoms with E-state index in [0.29, 0.717) is 31.4 Å². The Hall–Kier alpha value is -1.43. The van der Waals surface area contributed by atoms with Crippen LogP contribution in [0.5, 0.6) is 0 Å². The number of rotatable bonds is 6. The van der Waals surface area contributed by atoms with Gasteiger partial charge in [0.2, 0.25) is 5.89 Å². The minimum atomic E-state index is -0.437. The average molecular weight is 241 g/mol. The summed E-state index contributed by atoms with van der Waals surface area (Å²) in [5.74, 6) is 0.958. The first-order chi connectivity index (χ1) is 8.08. The fraction of sp³-hybridized carbons (Fsp3) is 0.727. The van der Waals surface area contributed by atoms with E-state index in [1.165, 1.54) is 0 Å². The lowest BCUT2D eigenvalue weighted by atomic mass is 10.3. The third-order valence-electron chi connectivity index (χ3n) is 2.36. The normalized spacial score (nSPS) is 12.5. The first-order valence-corrected chi connectivity index (χ1v) is 5.78. The van der Waals surface area contributed by atoms with Gasteiger partial charge in [-0.2, -0.15) is 4.98 Å². The lowest BCUT2D eigenvalue weighted by molar-refractivity contribution is -0.142. The van der Waals surface area contributed by atoms with Crippen LogP contribution in [0.25, 0.3) is 0 Å². The predicted octanol–water partition coefficient (Wildman–Crippen LogP) is 1.15. The van der Waals surface area contributed by atoms with Crippen molar-refractivity contribution in [3.05, 3.63) is 11.7 Å². The van der Waals surface area contributed by atoms with Crippen LogP contribution >= 0.6 is 0 Å². The Balaban J connectivity index is 2.62. The quantitative estimate of drug-likeness (QED) is 0.747. The third-order valence-corrected chi connectivity index (χ3v) is 2.36. The number of hydrogen-bond donors (Lipinski definition) is 0. The molecular formula is C11H19N3O3. The fourth-order valence-corrected chi connectivity index (χ4v) is 1.50. The van der Waals surface area contributed by atoms with Gasteiger partial charge in [0, 0.05) is 20.1 Å². The molecule has 0 aromatic carbocycles. The molecule has 96 valence electrons. The van der Waals surface area contributed by atoms with Crippen LogP contribution < -0.4 is 0 Å². The van der Waals surface area contributed by atoms with E-state index in [1.807, 2.05) is 13.8 Å². The Morgan fingerprint density at radius 3 is 2.71 bits per heavy atom. The predicted molar refractivity (Wildman–Crippen MR) is 61.2 cm³/mol. The minimum Gasteiger partial charge on any atom is -0.369 e. The smallest absolute Gasteiger partial charge is 0.251 e. The maximum atomic E-state index is 12.0. The van der Waals surface area contributed by atoms with E-state index in [0.717, 1.165) is 0 Å². The number of carbonyl (C=O) groups is 1. The van der Waals surface area contributed by atoms with Gasteiger partial charge in [-0.05, 0) is 20.8 Å². The number of aryl methyl sites for hydroxylation is 1. The molecule has 0 radical (unpaired) electrons. The van der Waals surface area contributed by atoms with E-state index in [1.54, 1.807) is 18.7 Å². The highest BCUT2D eigenvalue weighted by Gasteiger charge is 2.21. The maximum absolute atomic E-state index is 12.0. The van der Waals surface area contributed by atoms with Crippen LogP contribution in [0.2, 0.25) is 0 Å². The van der Waals surface area contributed by atoms with Gasteiger partial charge in [-0.1, -0.05) is 5.16 Å². The lowest BCUT2D eigenvalue weighted by Crippen LogP contribution is -2.38. The molecule has 0 aliphatic rings. The molecule has 0 spiro atoms. The number of ether oxygens (including phenoxy) is 1. The fourth-order valence-electron chi connectivity index (χ4n) is 1.50. The molecule has 1 aromatic rings. The number of hydrogen-bond acceptors (Lipinski definition) is 5. The summed E-state index contributed by atoms with van der Waals surface area (Å²) in [5, 5.41) is 3.77. The second-order valence-corrected chi connectivity index (χ2v) is 3.68. The van der Waals surface area contributed by atoms with Crippen molar-refractivity contribution in [2.45, 2.75) is 40.3 Å². The zero-order valence-electron chi connectivity index (χ0n) is 10.8. The van der Waals surface area contributed by atoms with Crippen molar-refractivity contribution in [2.24, 2.45) is 0 Å². The Morgan fingerprint density at radius 1 is 1.53 bits per heavy atom. The van der Waals surface area contributed by atoms with Crippen LogP contribution in [0.3, 0.4) is 0 Å². The summed E-state index contributed by atoms with van der Waals surface area (Å²) in [7, 11) is 0. The SMILES string of the molecule is CCOC(C)C(=O)N(CC)Cc1noc(C)n1. The van der Waals surface area contributed by atoms with E-state index >= 15 is 0 Å². The van der Waals surface area contributed by atoms with Crippen LogP contribution in [-0.2, 0) is 16.1 Å². The second-order valence-electron chi connectivity index (χ2n) is 3.68. The van der Waals surface area contributed by atoms with Crippen molar-refractivity contribution in [3.8, 4) is 0 Å². The van der Waals surface area contributed by atoms with Crippen molar-refractivity contribution >= 4 is 5.91 Å². The summed E-state index contributed by atoms with van der Waals surface area (Å²) in [6.45, 7) is 8.69. The first kappa shape index (κ1) is 13.6. The van der Waals surface area contributed by atoms with Gasteiger partial charge in [-0.25, -0.2) is 0 Å². The zero-order valence-corrected chi connectivity index (χ0v) is 10.8. The molecule has 0 aliphatic carbocycles. The molecular weight excluding hydrogens is 222 g/mol. The van der Waals surface area contributed by atoms with E-state index in [9.17, 15) is 4.79 Å². The molecule has 1 amide bonds. The number of aromatic nitrogens is 2. The van der Waals surface area contributed by atoms with E-state index in [-0.39, 0.29) is 5.91 Å². The molecule has 1 atom stereocenters. The van der Waals surface area contributed by atoms with Crippen molar-refractivity contribution in [3.63, 3.8) is 0 Å². The molecule has 0 bridgehead atoms. The number of carbonyl (C=O) groups excluding carboxylic acids is 1. The Bertz CT molecular complexity index is 365. The monoisotopic (exact) mass is 241 g/mol. The van der Waals surface area contributed by atoms with Gasteiger partial charge >= 0.3 is 0 Å². The molecule has 1 rings (SSSR count). The molecule has 0 saturated heterocycles. The Morgan fingerprint density at radius 2 is 2.24 bits per heavy atom. The van der Waals surface area contributed by atoms with E-state index < -0.39 is 6.10 Å². The van der Waals surface area contributed by atoms with Gasteiger partial charge in [0.1, 0.15) is 6.10 Å². The Kier molecular flexibility index (Phi) is 5.09. The summed E-state index contributed by atoms with van der Waals surface area (Å²) in [6, 6.07) is 0. The summed E-state index contributed by atoms with van der Waals surface area (Å²) in [5.41, 5.74) is 0. The summed E-state index contributed by atoms with van der Waals surface area (Å²) in [4.78, 5) is 17.7. The molecule has 17 heavy (non-hydrogen) atoms. The number of likely N-dealkylation sites (N-methyl/N-ethyl adjacent to an activating group) is 1. The van der Waals surface area contributed by atoms with Gasteiger partial charge in [-0.3, -0.25) is 4.79 Å². The van der Waals surface area contributed by atoms with Crippen LogP contribution in [0.4, 0.5) is 0 Å². The van der Waals surface area contributed by atoms with Crippen molar-refractivity contribution in [2.75, 3.05) is 13.2 Å². The van der Waals surface area contributed by atoms with Gasteiger partial charge in [-0.15, -0.1) is 0 Å². The molecule has 6 heteroatoms. The maximum Gasteiger partial charge on any atom is 0.251 e. The molecule has 0 N–H and O–H groups in total. The largest absolute Gasteiger partial charge is 0.369 e.